The van der Waals surface area contributed by atoms with Crippen LogP contribution in [0, 0.1) is 0 Å². The van der Waals surface area contributed by atoms with Gasteiger partial charge in [-0.1, -0.05) is 17.7 Å². The Bertz CT molecular complexity index is 1070. The maximum Gasteiger partial charge on any atom is 0.251 e. The number of nitrogens with one attached hydrogen (secondary N) is 1. The van der Waals surface area contributed by atoms with Crippen LogP contribution in [0.4, 0.5) is 0 Å². The zero-order valence-electron chi connectivity index (χ0n) is 17.2. The molecule has 0 aliphatic carbocycles. The fourth-order valence-corrected chi connectivity index (χ4v) is 3.57. The third-order valence-electron chi connectivity index (χ3n) is 4.96. The molecule has 0 saturated heterocycles. The monoisotopic (exact) mass is 438 g/mol. The van der Waals surface area contributed by atoms with Crippen molar-refractivity contribution in [3.8, 4) is 23.1 Å². The highest BCUT2D eigenvalue weighted by Gasteiger charge is 2.15. The summed E-state index contributed by atoms with van der Waals surface area (Å²) in [5, 5.41) is 3.44. The molecule has 0 unspecified atom stereocenters. The van der Waals surface area contributed by atoms with Gasteiger partial charge in [-0.15, -0.1) is 0 Å². The summed E-state index contributed by atoms with van der Waals surface area (Å²) in [4.78, 5) is 16.7. The lowest BCUT2D eigenvalue weighted by Crippen LogP contribution is -2.25. The smallest absolute Gasteiger partial charge is 0.251 e. The quantitative estimate of drug-likeness (QED) is 0.572. The van der Waals surface area contributed by atoms with Crippen molar-refractivity contribution in [2.45, 2.75) is 19.3 Å². The number of amides is 1. The first-order valence-electron chi connectivity index (χ1n) is 10.1. The Balaban J connectivity index is 1.34. The highest BCUT2D eigenvalue weighted by atomic mass is 35.5. The predicted octanol–water partition coefficient (Wildman–Crippen LogP) is 4.83. The molecule has 0 atom stereocenters. The number of carbonyl (C=O) groups is 1. The molecule has 2 aromatic carbocycles. The minimum Gasteiger partial charge on any atom is -0.493 e. The van der Waals surface area contributed by atoms with Crippen molar-refractivity contribution < 1.29 is 19.0 Å². The molecule has 0 fully saturated rings. The molecular formula is C24H23ClN2O4. The normalized spacial score (nSPS) is 12.5. The van der Waals surface area contributed by atoms with E-state index < -0.39 is 0 Å². The van der Waals surface area contributed by atoms with E-state index in [4.69, 9.17) is 25.8 Å². The van der Waals surface area contributed by atoms with Gasteiger partial charge in [-0.3, -0.25) is 4.79 Å². The van der Waals surface area contributed by atoms with Crippen molar-refractivity contribution in [3.63, 3.8) is 0 Å². The molecular weight excluding hydrogens is 416 g/mol. The molecule has 1 aromatic heterocycles. The predicted molar refractivity (Wildman–Crippen MR) is 119 cm³/mol. The number of carbonyl (C=O) groups excluding carboxylic acids is 1. The van der Waals surface area contributed by atoms with Gasteiger partial charge in [0.1, 0.15) is 17.2 Å². The Hall–Kier alpha value is -3.25. The van der Waals surface area contributed by atoms with Crippen LogP contribution in [-0.2, 0) is 12.8 Å². The second kappa shape index (κ2) is 9.71. The molecule has 7 heteroatoms. The van der Waals surface area contributed by atoms with E-state index >= 15 is 0 Å². The van der Waals surface area contributed by atoms with Gasteiger partial charge >= 0.3 is 0 Å². The molecule has 0 saturated carbocycles. The lowest BCUT2D eigenvalue weighted by molar-refractivity contribution is 0.0954. The van der Waals surface area contributed by atoms with Crippen molar-refractivity contribution in [1.29, 1.82) is 0 Å². The summed E-state index contributed by atoms with van der Waals surface area (Å²) in [6, 6.07) is 16.2. The summed E-state index contributed by atoms with van der Waals surface area (Å²) < 4.78 is 16.7. The average Bonchev–Trinajstić information content (AvgIpc) is 2.80. The highest BCUT2D eigenvalue weighted by molar-refractivity contribution is 6.32. The van der Waals surface area contributed by atoms with Crippen LogP contribution in [0.2, 0.25) is 5.02 Å². The Morgan fingerprint density at radius 1 is 1.19 bits per heavy atom. The number of nitrogens with zero attached hydrogens (tertiary/aromatic N) is 1. The Labute approximate surface area is 186 Å². The summed E-state index contributed by atoms with van der Waals surface area (Å²) in [5.41, 5.74) is 2.50. The van der Waals surface area contributed by atoms with Gasteiger partial charge < -0.3 is 19.5 Å². The number of pyridine rings is 1. The van der Waals surface area contributed by atoms with Crippen molar-refractivity contribution >= 4 is 17.5 Å². The fourth-order valence-electron chi connectivity index (χ4n) is 3.35. The van der Waals surface area contributed by atoms with E-state index in [1.165, 1.54) is 0 Å². The first kappa shape index (κ1) is 21.0. The molecule has 2 heterocycles. The summed E-state index contributed by atoms with van der Waals surface area (Å²) in [7, 11) is 1.58. The van der Waals surface area contributed by atoms with Crippen LogP contribution in [0.1, 0.15) is 28.0 Å². The molecule has 31 heavy (non-hydrogen) atoms. The van der Waals surface area contributed by atoms with Crippen LogP contribution in [0.3, 0.4) is 0 Å². The summed E-state index contributed by atoms with van der Waals surface area (Å²) in [6.45, 7) is 1.17. The van der Waals surface area contributed by atoms with Gasteiger partial charge in [-0.2, -0.15) is 0 Å². The Morgan fingerprint density at radius 3 is 2.84 bits per heavy atom. The van der Waals surface area contributed by atoms with Gasteiger partial charge in [0.15, 0.2) is 0 Å². The van der Waals surface area contributed by atoms with E-state index in [2.05, 4.69) is 10.3 Å². The topological polar surface area (TPSA) is 69.7 Å². The van der Waals surface area contributed by atoms with E-state index in [1.807, 2.05) is 24.3 Å². The molecule has 6 nitrogen and oxygen atoms in total. The molecule has 4 rings (SSSR count). The Morgan fingerprint density at radius 2 is 2.03 bits per heavy atom. The fraction of sp³-hybridized carbons (Fsp3) is 0.250. The van der Waals surface area contributed by atoms with E-state index in [-0.39, 0.29) is 5.91 Å². The molecule has 1 aliphatic rings. The standard InChI is InChI=1S/C24H23ClN2O4/c1-29-23-6-2-5-18(27-23)11-12-26-24(28)16-7-9-19(10-8-16)31-22-15-21-17(14-20(22)25)4-3-13-30-21/h2,5-10,14-15H,3-4,11-13H2,1H3,(H,26,28). The zero-order valence-corrected chi connectivity index (χ0v) is 17.9. The molecule has 1 N–H and O–H groups in total. The van der Waals surface area contributed by atoms with Gasteiger partial charge in [0.2, 0.25) is 5.88 Å². The SMILES string of the molecule is COc1cccc(CCNC(=O)c2ccc(Oc3cc4c(cc3Cl)CCCO4)cc2)n1. The number of halogens is 1. The minimum atomic E-state index is -0.158. The van der Waals surface area contributed by atoms with Gasteiger partial charge in [-0.25, -0.2) is 4.98 Å². The number of aromatic nitrogens is 1. The molecule has 3 aromatic rings. The second-order valence-corrected chi connectivity index (χ2v) is 7.55. The lowest BCUT2D eigenvalue weighted by atomic mass is 10.1. The minimum absolute atomic E-state index is 0.158. The maximum atomic E-state index is 12.4. The van der Waals surface area contributed by atoms with Crippen LogP contribution < -0.4 is 19.5 Å². The number of aryl methyl sites for hydroxylation is 1. The molecule has 0 spiro atoms. The van der Waals surface area contributed by atoms with E-state index in [0.717, 1.165) is 29.8 Å². The number of ether oxygens (including phenoxy) is 3. The molecule has 0 bridgehead atoms. The molecule has 160 valence electrons. The number of fused-ring (bicyclic) bond motifs is 1. The number of hydrogen-bond acceptors (Lipinski definition) is 5. The van der Waals surface area contributed by atoms with E-state index in [0.29, 0.717) is 47.5 Å². The van der Waals surface area contributed by atoms with E-state index in [1.54, 1.807) is 37.4 Å². The third kappa shape index (κ3) is 5.27. The molecule has 0 radical (unpaired) electrons. The van der Waals surface area contributed by atoms with Crippen molar-refractivity contribution in [3.05, 3.63) is 76.4 Å². The third-order valence-corrected chi connectivity index (χ3v) is 5.26. The molecule has 1 amide bonds. The Kier molecular flexibility index (Phi) is 6.57. The van der Waals surface area contributed by atoms with Crippen molar-refractivity contribution in [2.24, 2.45) is 0 Å². The number of hydrogen-bond donors (Lipinski definition) is 1. The highest BCUT2D eigenvalue weighted by Crippen LogP contribution is 2.37. The van der Waals surface area contributed by atoms with Crippen LogP contribution >= 0.6 is 11.6 Å². The molecule has 1 aliphatic heterocycles. The van der Waals surface area contributed by atoms with Crippen LogP contribution in [0.5, 0.6) is 23.1 Å². The van der Waals surface area contributed by atoms with Crippen LogP contribution in [0.15, 0.2) is 54.6 Å². The van der Waals surface area contributed by atoms with Crippen molar-refractivity contribution in [2.75, 3.05) is 20.3 Å². The van der Waals surface area contributed by atoms with Gasteiger partial charge in [0, 0.05) is 36.4 Å². The summed E-state index contributed by atoms with van der Waals surface area (Å²) >= 11 is 6.36. The van der Waals surface area contributed by atoms with Crippen molar-refractivity contribution in [1.82, 2.24) is 10.3 Å². The van der Waals surface area contributed by atoms with Gasteiger partial charge in [0.25, 0.3) is 5.91 Å². The number of methoxy groups -OCH3 is 1. The summed E-state index contributed by atoms with van der Waals surface area (Å²) in [6.07, 6.45) is 2.55. The summed E-state index contributed by atoms with van der Waals surface area (Å²) in [5.74, 6) is 2.34. The van der Waals surface area contributed by atoms with Gasteiger partial charge in [-0.05, 0) is 54.8 Å². The lowest BCUT2D eigenvalue weighted by Gasteiger charge is -2.19. The first-order valence-corrected chi connectivity index (χ1v) is 10.5. The van der Waals surface area contributed by atoms with E-state index in [9.17, 15) is 4.79 Å². The second-order valence-electron chi connectivity index (χ2n) is 7.15. The number of rotatable bonds is 7. The first-order chi connectivity index (χ1) is 15.1. The van der Waals surface area contributed by atoms with Crippen LogP contribution in [0.25, 0.3) is 0 Å². The maximum absolute atomic E-state index is 12.4. The zero-order chi connectivity index (χ0) is 21.6. The van der Waals surface area contributed by atoms with Crippen LogP contribution in [-0.4, -0.2) is 31.2 Å². The van der Waals surface area contributed by atoms with Gasteiger partial charge in [0.05, 0.1) is 18.7 Å². The number of benzene rings is 2. The average molecular weight is 439 g/mol. The largest absolute Gasteiger partial charge is 0.493 e.